The second kappa shape index (κ2) is 6.67. The standard InChI is InChI=1S/C37H22N2/c1-5-13-27-25(11-1)33-29(19-17-23-21-9-3-7-15-31(21)38-35(23)33)37(27)28-14-6-2-12-26(28)34-30(37)20-18-24-22-10-4-8-16-32(22)39-36(24)34/h1-20,38-39H. The van der Waals surface area contributed by atoms with Crippen molar-refractivity contribution in [3.05, 3.63) is 144 Å². The number of hydrogen-bond donors (Lipinski definition) is 2. The molecule has 0 saturated carbocycles. The van der Waals surface area contributed by atoms with Crippen molar-refractivity contribution in [2.75, 3.05) is 0 Å². The molecule has 0 unspecified atom stereocenters. The predicted octanol–water partition coefficient (Wildman–Crippen LogP) is 9.30. The summed E-state index contributed by atoms with van der Waals surface area (Å²) >= 11 is 0. The highest BCUT2D eigenvalue weighted by molar-refractivity contribution is 6.17. The van der Waals surface area contributed by atoms with Crippen LogP contribution in [-0.2, 0) is 5.41 Å². The number of H-pyrrole nitrogens is 2. The summed E-state index contributed by atoms with van der Waals surface area (Å²) in [5, 5.41) is 5.13. The summed E-state index contributed by atoms with van der Waals surface area (Å²) in [7, 11) is 0. The minimum atomic E-state index is -0.366. The lowest BCUT2D eigenvalue weighted by atomic mass is 9.70. The van der Waals surface area contributed by atoms with Crippen LogP contribution in [0.5, 0.6) is 0 Å². The Balaban J connectivity index is 1.43. The molecule has 2 heteroatoms. The number of aromatic nitrogens is 2. The van der Waals surface area contributed by atoms with E-state index in [9.17, 15) is 0 Å². The van der Waals surface area contributed by atoms with E-state index in [4.69, 9.17) is 0 Å². The minimum absolute atomic E-state index is 0.366. The summed E-state index contributed by atoms with van der Waals surface area (Å²) in [6.07, 6.45) is 0. The summed E-state index contributed by atoms with van der Waals surface area (Å²) < 4.78 is 0. The summed E-state index contributed by atoms with van der Waals surface area (Å²) in [5.41, 5.74) is 15.2. The third-order valence-corrected chi connectivity index (χ3v) is 9.37. The molecule has 39 heavy (non-hydrogen) atoms. The molecule has 0 saturated heterocycles. The lowest BCUT2D eigenvalue weighted by molar-refractivity contribution is 0.795. The van der Waals surface area contributed by atoms with Crippen LogP contribution in [0.1, 0.15) is 22.3 Å². The highest BCUT2D eigenvalue weighted by atomic mass is 14.7. The van der Waals surface area contributed by atoms with Gasteiger partial charge >= 0.3 is 0 Å². The van der Waals surface area contributed by atoms with Gasteiger partial charge in [0.05, 0.1) is 16.4 Å². The number of rotatable bonds is 0. The number of hydrogen-bond acceptors (Lipinski definition) is 0. The summed E-state index contributed by atoms with van der Waals surface area (Å²) in [5.74, 6) is 0. The Morgan fingerprint density at radius 1 is 0.359 bits per heavy atom. The van der Waals surface area contributed by atoms with Gasteiger partial charge in [0.2, 0.25) is 0 Å². The van der Waals surface area contributed by atoms with Gasteiger partial charge in [-0.2, -0.15) is 0 Å². The van der Waals surface area contributed by atoms with Gasteiger partial charge in [0.15, 0.2) is 0 Å². The van der Waals surface area contributed by atoms with Gasteiger partial charge in [-0.3, -0.25) is 0 Å². The highest BCUT2D eigenvalue weighted by Gasteiger charge is 2.52. The lowest BCUT2D eigenvalue weighted by Gasteiger charge is -2.30. The van der Waals surface area contributed by atoms with Crippen molar-refractivity contribution in [3.63, 3.8) is 0 Å². The SMILES string of the molecule is c1ccc2c(c1)-c1c(ccc3c1[nH]c1ccccc13)C21c2ccccc2-c2c1ccc1c2[nH]c2ccccc21. The molecule has 2 aliphatic carbocycles. The van der Waals surface area contributed by atoms with Crippen LogP contribution in [0.4, 0.5) is 0 Å². The first-order valence-electron chi connectivity index (χ1n) is 13.6. The van der Waals surface area contributed by atoms with Gasteiger partial charge in [-0.15, -0.1) is 0 Å². The molecular formula is C37H22N2. The second-order valence-corrected chi connectivity index (χ2v) is 11.0. The molecule has 10 rings (SSSR count). The Hall–Kier alpha value is -5.08. The van der Waals surface area contributed by atoms with Gasteiger partial charge in [-0.1, -0.05) is 109 Å². The predicted molar refractivity (Wildman–Crippen MR) is 161 cm³/mol. The first kappa shape index (κ1) is 20.0. The molecule has 2 aromatic heterocycles. The molecule has 0 atom stereocenters. The average molecular weight is 495 g/mol. The van der Waals surface area contributed by atoms with Crippen molar-refractivity contribution >= 4 is 43.6 Å². The molecule has 2 nitrogen and oxygen atoms in total. The number of nitrogens with one attached hydrogen (secondary N) is 2. The van der Waals surface area contributed by atoms with Crippen LogP contribution in [0.25, 0.3) is 65.9 Å². The van der Waals surface area contributed by atoms with E-state index in [0.717, 1.165) is 0 Å². The fourth-order valence-electron chi connectivity index (χ4n) is 7.95. The van der Waals surface area contributed by atoms with Crippen LogP contribution in [0, 0.1) is 0 Å². The summed E-state index contributed by atoms with van der Waals surface area (Å²) in [6, 6.07) is 44.9. The molecule has 180 valence electrons. The highest BCUT2D eigenvalue weighted by Crippen LogP contribution is 2.64. The van der Waals surface area contributed by atoms with E-state index in [1.165, 1.54) is 88.1 Å². The zero-order valence-electron chi connectivity index (χ0n) is 21.0. The van der Waals surface area contributed by atoms with Crippen LogP contribution in [0.3, 0.4) is 0 Å². The zero-order chi connectivity index (χ0) is 25.3. The second-order valence-electron chi connectivity index (χ2n) is 11.0. The van der Waals surface area contributed by atoms with E-state index >= 15 is 0 Å². The van der Waals surface area contributed by atoms with Gasteiger partial charge in [0, 0.05) is 43.7 Å². The van der Waals surface area contributed by atoms with Crippen molar-refractivity contribution in [3.8, 4) is 22.3 Å². The normalized spacial score (nSPS) is 14.4. The molecule has 2 N–H and O–H groups in total. The van der Waals surface area contributed by atoms with E-state index in [-0.39, 0.29) is 5.41 Å². The Kier molecular flexibility index (Phi) is 3.41. The monoisotopic (exact) mass is 494 g/mol. The smallest absolute Gasteiger partial charge is 0.0727 e. The fraction of sp³-hybridized carbons (Fsp3) is 0.0270. The van der Waals surface area contributed by atoms with Crippen molar-refractivity contribution < 1.29 is 0 Å². The molecule has 8 aromatic rings. The van der Waals surface area contributed by atoms with Gasteiger partial charge in [-0.25, -0.2) is 0 Å². The van der Waals surface area contributed by atoms with Crippen molar-refractivity contribution in [1.82, 2.24) is 9.97 Å². The zero-order valence-corrected chi connectivity index (χ0v) is 21.0. The average Bonchev–Trinajstić information content (AvgIpc) is 3.71. The number of benzene rings is 6. The van der Waals surface area contributed by atoms with E-state index in [2.05, 4.69) is 131 Å². The number of aromatic amines is 2. The molecule has 0 fully saturated rings. The Labute approximate surface area is 224 Å². The largest absolute Gasteiger partial charge is 0.354 e. The molecule has 0 aliphatic heterocycles. The van der Waals surface area contributed by atoms with Crippen LogP contribution >= 0.6 is 0 Å². The van der Waals surface area contributed by atoms with Crippen molar-refractivity contribution in [2.45, 2.75) is 5.41 Å². The fourth-order valence-corrected chi connectivity index (χ4v) is 7.95. The molecular weight excluding hydrogens is 472 g/mol. The Bertz CT molecular complexity index is 2180. The molecule has 2 heterocycles. The van der Waals surface area contributed by atoms with Gasteiger partial charge in [0.25, 0.3) is 0 Å². The molecule has 0 amide bonds. The maximum Gasteiger partial charge on any atom is 0.0727 e. The van der Waals surface area contributed by atoms with E-state index in [0.29, 0.717) is 0 Å². The molecule has 6 aromatic carbocycles. The minimum Gasteiger partial charge on any atom is -0.354 e. The lowest BCUT2D eigenvalue weighted by Crippen LogP contribution is -2.25. The van der Waals surface area contributed by atoms with Gasteiger partial charge in [0.1, 0.15) is 0 Å². The topological polar surface area (TPSA) is 31.6 Å². The number of para-hydroxylation sites is 2. The number of fused-ring (bicyclic) bond motifs is 18. The molecule has 2 aliphatic rings. The van der Waals surface area contributed by atoms with Gasteiger partial charge < -0.3 is 9.97 Å². The summed E-state index contributed by atoms with van der Waals surface area (Å²) in [6.45, 7) is 0. The quantitative estimate of drug-likeness (QED) is 0.210. The Morgan fingerprint density at radius 2 is 0.795 bits per heavy atom. The van der Waals surface area contributed by atoms with E-state index in [1.807, 2.05) is 0 Å². The molecule has 0 bridgehead atoms. The first-order valence-corrected chi connectivity index (χ1v) is 13.6. The maximum absolute atomic E-state index is 3.81. The van der Waals surface area contributed by atoms with Crippen LogP contribution in [-0.4, -0.2) is 9.97 Å². The Morgan fingerprint density at radius 3 is 1.31 bits per heavy atom. The van der Waals surface area contributed by atoms with E-state index < -0.39 is 0 Å². The third-order valence-electron chi connectivity index (χ3n) is 9.37. The van der Waals surface area contributed by atoms with E-state index in [1.54, 1.807) is 0 Å². The van der Waals surface area contributed by atoms with Crippen LogP contribution < -0.4 is 0 Å². The first-order chi connectivity index (χ1) is 19.4. The van der Waals surface area contributed by atoms with Crippen molar-refractivity contribution in [2.24, 2.45) is 0 Å². The maximum atomic E-state index is 3.81. The molecule has 1 spiro atoms. The molecule has 0 radical (unpaired) electrons. The van der Waals surface area contributed by atoms with Gasteiger partial charge in [-0.05, 0) is 45.5 Å². The van der Waals surface area contributed by atoms with Crippen LogP contribution in [0.2, 0.25) is 0 Å². The summed E-state index contributed by atoms with van der Waals surface area (Å²) in [4.78, 5) is 7.63. The van der Waals surface area contributed by atoms with Crippen LogP contribution in [0.15, 0.2) is 121 Å². The third kappa shape index (κ3) is 2.15. The van der Waals surface area contributed by atoms with Crippen molar-refractivity contribution in [1.29, 1.82) is 0 Å².